The molecular weight excluding hydrogens is 278 g/mol. The largest absolute Gasteiger partial charge is 0.439 e. The average molecular weight is 295 g/mol. The van der Waals surface area contributed by atoms with Crippen LogP contribution in [0.3, 0.4) is 0 Å². The molecule has 0 unspecified atom stereocenters. The maximum absolute atomic E-state index is 12.1. The van der Waals surface area contributed by atoms with Crippen molar-refractivity contribution >= 4 is 21.3 Å². The van der Waals surface area contributed by atoms with Crippen LogP contribution >= 0.6 is 0 Å². The molecule has 1 aliphatic heterocycles. The molecule has 7 heteroatoms. The second-order valence-corrected chi connectivity index (χ2v) is 6.62. The van der Waals surface area contributed by atoms with Crippen molar-refractivity contribution in [2.75, 3.05) is 13.1 Å². The molecule has 1 aromatic carbocycles. The molecule has 2 heterocycles. The average Bonchev–Trinajstić information content (AvgIpc) is 2.89. The van der Waals surface area contributed by atoms with Crippen molar-refractivity contribution < 1.29 is 12.8 Å². The third kappa shape index (κ3) is 2.84. The minimum absolute atomic E-state index is 0.0769. The van der Waals surface area contributed by atoms with E-state index in [1.54, 1.807) is 0 Å². The van der Waals surface area contributed by atoms with E-state index in [2.05, 4.69) is 9.71 Å². The fourth-order valence-corrected chi connectivity index (χ4v) is 3.57. The summed E-state index contributed by atoms with van der Waals surface area (Å²) in [5.74, 6) is 0.381. The van der Waals surface area contributed by atoms with Crippen molar-refractivity contribution in [3.63, 3.8) is 0 Å². The number of oxazole rings is 1. The van der Waals surface area contributed by atoms with Crippen LogP contribution in [0, 0.1) is 0 Å². The SMILES string of the molecule is O=S(=O)(NCc1nc2ccccc2o1)N1CCCCC1. The number of fused-ring (bicyclic) bond motifs is 1. The summed E-state index contributed by atoms with van der Waals surface area (Å²) < 4.78 is 33.8. The monoisotopic (exact) mass is 295 g/mol. The van der Waals surface area contributed by atoms with Crippen LogP contribution in [0.4, 0.5) is 0 Å². The van der Waals surface area contributed by atoms with Gasteiger partial charge in [0.15, 0.2) is 5.58 Å². The van der Waals surface area contributed by atoms with Crippen LogP contribution in [0.15, 0.2) is 28.7 Å². The number of hydrogen-bond donors (Lipinski definition) is 1. The first kappa shape index (κ1) is 13.5. The Morgan fingerprint density at radius 2 is 1.95 bits per heavy atom. The van der Waals surface area contributed by atoms with Gasteiger partial charge in [0.25, 0.3) is 10.2 Å². The Morgan fingerprint density at radius 1 is 1.20 bits per heavy atom. The topological polar surface area (TPSA) is 75.4 Å². The van der Waals surface area contributed by atoms with E-state index in [9.17, 15) is 8.42 Å². The second-order valence-electron chi connectivity index (χ2n) is 4.86. The zero-order valence-corrected chi connectivity index (χ0v) is 11.9. The third-order valence-corrected chi connectivity index (χ3v) is 4.95. The van der Waals surface area contributed by atoms with E-state index in [-0.39, 0.29) is 6.54 Å². The highest BCUT2D eigenvalue weighted by Gasteiger charge is 2.23. The molecule has 1 saturated heterocycles. The lowest BCUT2D eigenvalue weighted by Crippen LogP contribution is -2.43. The summed E-state index contributed by atoms with van der Waals surface area (Å²) in [4.78, 5) is 4.25. The van der Waals surface area contributed by atoms with Gasteiger partial charge in [-0.2, -0.15) is 17.4 Å². The maximum Gasteiger partial charge on any atom is 0.279 e. The van der Waals surface area contributed by atoms with Gasteiger partial charge in [-0.3, -0.25) is 0 Å². The zero-order valence-electron chi connectivity index (χ0n) is 11.1. The number of nitrogens with zero attached hydrogens (tertiary/aromatic N) is 2. The molecule has 0 bridgehead atoms. The molecule has 0 aliphatic carbocycles. The maximum atomic E-state index is 12.1. The van der Waals surface area contributed by atoms with Crippen LogP contribution in [0.1, 0.15) is 25.2 Å². The van der Waals surface area contributed by atoms with Gasteiger partial charge >= 0.3 is 0 Å². The van der Waals surface area contributed by atoms with Crippen LogP contribution in [-0.2, 0) is 16.8 Å². The van der Waals surface area contributed by atoms with Crippen LogP contribution in [0.25, 0.3) is 11.1 Å². The first-order valence-electron chi connectivity index (χ1n) is 6.74. The number of piperidine rings is 1. The van der Waals surface area contributed by atoms with Crippen molar-refractivity contribution in [3.8, 4) is 0 Å². The van der Waals surface area contributed by atoms with E-state index in [1.165, 1.54) is 4.31 Å². The molecule has 0 amide bonds. The summed E-state index contributed by atoms with van der Waals surface area (Å²) in [5.41, 5.74) is 1.40. The lowest BCUT2D eigenvalue weighted by atomic mass is 10.2. The number of hydrogen-bond acceptors (Lipinski definition) is 4. The molecule has 0 spiro atoms. The van der Waals surface area contributed by atoms with Crippen LogP contribution in [0.2, 0.25) is 0 Å². The van der Waals surface area contributed by atoms with Gasteiger partial charge in [-0.25, -0.2) is 4.98 Å². The van der Waals surface area contributed by atoms with Crippen LogP contribution < -0.4 is 4.72 Å². The smallest absolute Gasteiger partial charge is 0.279 e. The van der Waals surface area contributed by atoms with Gasteiger partial charge in [0, 0.05) is 13.1 Å². The number of para-hydroxylation sites is 2. The molecule has 1 N–H and O–H groups in total. The number of rotatable bonds is 4. The Morgan fingerprint density at radius 3 is 2.70 bits per heavy atom. The van der Waals surface area contributed by atoms with E-state index in [0.717, 1.165) is 24.8 Å². The first-order chi connectivity index (χ1) is 9.65. The van der Waals surface area contributed by atoms with Crippen molar-refractivity contribution in [1.29, 1.82) is 0 Å². The highest BCUT2D eigenvalue weighted by atomic mass is 32.2. The van der Waals surface area contributed by atoms with E-state index in [1.807, 2.05) is 24.3 Å². The lowest BCUT2D eigenvalue weighted by molar-refractivity contribution is 0.340. The molecule has 0 saturated carbocycles. The quantitative estimate of drug-likeness (QED) is 0.930. The summed E-state index contributed by atoms with van der Waals surface area (Å²) in [6.07, 6.45) is 2.94. The van der Waals surface area contributed by atoms with E-state index in [4.69, 9.17) is 4.42 Å². The number of benzene rings is 1. The fourth-order valence-electron chi connectivity index (χ4n) is 2.35. The number of nitrogens with one attached hydrogen (secondary N) is 1. The van der Waals surface area contributed by atoms with E-state index >= 15 is 0 Å². The van der Waals surface area contributed by atoms with Crippen molar-refractivity contribution in [2.45, 2.75) is 25.8 Å². The van der Waals surface area contributed by atoms with Crippen LogP contribution in [0.5, 0.6) is 0 Å². The zero-order chi connectivity index (χ0) is 14.0. The molecule has 20 heavy (non-hydrogen) atoms. The Labute approximate surface area is 118 Å². The van der Waals surface area contributed by atoms with Gasteiger partial charge in [-0.1, -0.05) is 18.6 Å². The summed E-state index contributed by atoms with van der Waals surface area (Å²) in [6, 6.07) is 7.37. The lowest BCUT2D eigenvalue weighted by Gasteiger charge is -2.25. The molecule has 1 aliphatic rings. The highest BCUT2D eigenvalue weighted by Crippen LogP contribution is 2.15. The Kier molecular flexibility index (Phi) is 3.73. The molecule has 1 fully saturated rings. The molecule has 2 aromatic rings. The number of aromatic nitrogens is 1. The molecular formula is C13H17N3O3S. The Bertz CT molecular complexity index is 657. The van der Waals surface area contributed by atoms with Gasteiger partial charge in [-0.15, -0.1) is 0 Å². The van der Waals surface area contributed by atoms with Crippen molar-refractivity contribution in [3.05, 3.63) is 30.2 Å². The highest BCUT2D eigenvalue weighted by molar-refractivity contribution is 7.87. The summed E-state index contributed by atoms with van der Waals surface area (Å²) in [6.45, 7) is 1.25. The first-order valence-corrected chi connectivity index (χ1v) is 8.18. The van der Waals surface area contributed by atoms with Gasteiger partial charge < -0.3 is 4.42 Å². The summed E-state index contributed by atoms with van der Waals surface area (Å²) in [5, 5.41) is 0. The summed E-state index contributed by atoms with van der Waals surface area (Å²) >= 11 is 0. The van der Waals surface area contributed by atoms with Crippen molar-refractivity contribution in [2.24, 2.45) is 0 Å². The molecule has 0 atom stereocenters. The predicted molar refractivity (Wildman–Crippen MR) is 75.2 cm³/mol. The van der Waals surface area contributed by atoms with Gasteiger partial charge in [0.05, 0.1) is 6.54 Å². The molecule has 6 nitrogen and oxygen atoms in total. The minimum Gasteiger partial charge on any atom is -0.439 e. The predicted octanol–water partition coefficient (Wildman–Crippen LogP) is 1.65. The second kappa shape index (κ2) is 5.51. The molecule has 3 rings (SSSR count). The normalized spacial score (nSPS) is 17.6. The van der Waals surface area contributed by atoms with E-state index < -0.39 is 10.2 Å². The van der Waals surface area contributed by atoms with Gasteiger partial charge in [-0.05, 0) is 25.0 Å². The van der Waals surface area contributed by atoms with Gasteiger partial charge in [0.2, 0.25) is 5.89 Å². The Hall–Kier alpha value is -1.44. The molecule has 108 valence electrons. The Balaban J connectivity index is 1.68. The standard InChI is InChI=1S/C13H17N3O3S/c17-20(18,16-8-4-1-5-9-16)14-10-13-15-11-6-2-3-7-12(11)19-13/h2-3,6-7,14H,1,4-5,8-10H2. The third-order valence-electron chi connectivity index (χ3n) is 3.40. The molecule has 1 aromatic heterocycles. The molecule has 0 radical (unpaired) electrons. The van der Waals surface area contributed by atoms with E-state index in [0.29, 0.717) is 24.6 Å². The van der Waals surface area contributed by atoms with Gasteiger partial charge in [0.1, 0.15) is 5.52 Å². The summed E-state index contributed by atoms with van der Waals surface area (Å²) in [7, 11) is -3.44. The minimum atomic E-state index is -3.44. The van der Waals surface area contributed by atoms with Crippen molar-refractivity contribution in [1.82, 2.24) is 14.0 Å². The van der Waals surface area contributed by atoms with Crippen LogP contribution in [-0.4, -0.2) is 30.8 Å². The fraction of sp³-hybridized carbons (Fsp3) is 0.462.